The van der Waals surface area contributed by atoms with E-state index in [-0.39, 0.29) is 12.6 Å². The number of benzene rings is 1. The standard InChI is InChI=1S/C19H26N2O2/c22-10-9-21(13-14-5-6-14)18(23)20-12-16-11-19(16)8-7-15-3-1-2-4-17(15)19/h1-4,14,16,22H,5-13H2,(H,20,23)/t16-,19+/m0/s1. The molecule has 1 aromatic carbocycles. The molecule has 4 heteroatoms. The summed E-state index contributed by atoms with van der Waals surface area (Å²) in [7, 11) is 0. The Hall–Kier alpha value is -1.55. The number of urea groups is 1. The van der Waals surface area contributed by atoms with Crippen molar-refractivity contribution >= 4 is 6.03 Å². The highest BCUT2D eigenvalue weighted by molar-refractivity contribution is 5.74. The molecule has 1 aromatic rings. The third kappa shape index (κ3) is 2.85. The molecule has 3 aliphatic carbocycles. The van der Waals surface area contributed by atoms with E-state index in [9.17, 15) is 4.79 Å². The van der Waals surface area contributed by atoms with Gasteiger partial charge in [-0.15, -0.1) is 0 Å². The van der Waals surface area contributed by atoms with Crippen molar-refractivity contribution in [3.8, 4) is 0 Å². The van der Waals surface area contributed by atoms with Crippen LogP contribution in [0.3, 0.4) is 0 Å². The number of hydrogen-bond donors (Lipinski definition) is 2. The van der Waals surface area contributed by atoms with E-state index in [1.54, 1.807) is 4.90 Å². The zero-order chi connectivity index (χ0) is 15.9. The second kappa shape index (κ2) is 5.82. The normalized spacial score (nSPS) is 27.8. The zero-order valence-electron chi connectivity index (χ0n) is 13.6. The maximum Gasteiger partial charge on any atom is 0.317 e. The van der Waals surface area contributed by atoms with Gasteiger partial charge in [0.2, 0.25) is 0 Å². The molecule has 3 aliphatic rings. The van der Waals surface area contributed by atoms with Gasteiger partial charge in [-0.25, -0.2) is 4.79 Å². The summed E-state index contributed by atoms with van der Waals surface area (Å²) < 4.78 is 0. The first kappa shape index (κ1) is 15.0. The Morgan fingerprint density at radius 2 is 2.17 bits per heavy atom. The number of aryl methyl sites for hydroxylation is 1. The Bertz CT molecular complexity index is 599. The molecule has 0 aromatic heterocycles. The summed E-state index contributed by atoms with van der Waals surface area (Å²) in [5.41, 5.74) is 3.35. The number of amides is 2. The van der Waals surface area contributed by atoms with E-state index in [1.807, 2.05) is 0 Å². The lowest BCUT2D eigenvalue weighted by Gasteiger charge is -2.22. The van der Waals surface area contributed by atoms with Crippen LogP contribution in [0.25, 0.3) is 0 Å². The van der Waals surface area contributed by atoms with Crippen molar-refractivity contribution in [2.75, 3.05) is 26.2 Å². The van der Waals surface area contributed by atoms with Crippen LogP contribution in [-0.2, 0) is 11.8 Å². The Labute approximate surface area is 137 Å². The molecular formula is C19H26N2O2. The largest absolute Gasteiger partial charge is 0.395 e. The van der Waals surface area contributed by atoms with Crippen LogP contribution < -0.4 is 5.32 Å². The predicted molar refractivity (Wildman–Crippen MR) is 89.3 cm³/mol. The van der Waals surface area contributed by atoms with E-state index in [1.165, 1.54) is 43.2 Å². The van der Waals surface area contributed by atoms with E-state index in [0.29, 0.717) is 23.8 Å². The van der Waals surface area contributed by atoms with Crippen LogP contribution in [0.1, 0.15) is 36.8 Å². The Kier molecular flexibility index (Phi) is 3.80. The number of aliphatic hydroxyl groups excluding tert-OH is 1. The summed E-state index contributed by atoms with van der Waals surface area (Å²) in [5, 5.41) is 12.3. The second-order valence-corrected chi connectivity index (χ2v) is 7.51. The fourth-order valence-electron chi connectivity index (χ4n) is 4.33. The number of nitrogens with zero attached hydrogens (tertiary/aromatic N) is 1. The summed E-state index contributed by atoms with van der Waals surface area (Å²) in [6.45, 7) is 2.05. The molecule has 0 saturated heterocycles. The molecule has 2 fully saturated rings. The topological polar surface area (TPSA) is 52.6 Å². The number of carbonyl (C=O) groups is 1. The second-order valence-electron chi connectivity index (χ2n) is 7.51. The Balaban J connectivity index is 1.33. The molecule has 0 heterocycles. The summed E-state index contributed by atoms with van der Waals surface area (Å²) in [5.74, 6) is 1.23. The van der Waals surface area contributed by atoms with Gasteiger partial charge < -0.3 is 15.3 Å². The Morgan fingerprint density at radius 1 is 1.35 bits per heavy atom. The van der Waals surface area contributed by atoms with Crippen LogP contribution >= 0.6 is 0 Å². The van der Waals surface area contributed by atoms with E-state index < -0.39 is 0 Å². The highest BCUT2D eigenvalue weighted by Gasteiger charge is 2.57. The number of rotatable bonds is 6. The van der Waals surface area contributed by atoms with Crippen molar-refractivity contribution in [3.05, 3.63) is 35.4 Å². The lowest BCUT2D eigenvalue weighted by Crippen LogP contribution is -2.43. The van der Waals surface area contributed by atoms with Crippen LogP contribution in [0.5, 0.6) is 0 Å². The summed E-state index contributed by atoms with van der Waals surface area (Å²) in [6.07, 6.45) is 6.05. The molecule has 0 aliphatic heterocycles. The SMILES string of the molecule is O=C(NC[C@@H]1C[C@]12CCc1ccccc12)N(CCO)CC1CC1. The fourth-order valence-corrected chi connectivity index (χ4v) is 4.33. The monoisotopic (exact) mass is 314 g/mol. The molecular weight excluding hydrogens is 288 g/mol. The maximum absolute atomic E-state index is 12.4. The van der Waals surface area contributed by atoms with Gasteiger partial charge in [-0.2, -0.15) is 0 Å². The highest BCUT2D eigenvalue weighted by Crippen LogP contribution is 2.61. The van der Waals surface area contributed by atoms with Gasteiger partial charge in [-0.05, 0) is 55.1 Å². The quantitative estimate of drug-likeness (QED) is 0.846. The fraction of sp³-hybridized carbons (Fsp3) is 0.632. The van der Waals surface area contributed by atoms with Crippen molar-refractivity contribution in [1.29, 1.82) is 0 Å². The van der Waals surface area contributed by atoms with Crippen molar-refractivity contribution < 1.29 is 9.90 Å². The summed E-state index contributed by atoms with van der Waals surface area (Å²) in [6, 6.07) is 8.78. The van der Waals surface area contributed by atoms with Crippen molar-refractivity contribution in [2.24, 2.45) is 11.8 Å². The van der Waals surface area contributed by atoms with Crippen LogP contribution in [0, 0.1) is 11.8 Å². The van der Waals surface area contributed by atoms with Crippen LogP contribution in [0.2, 0.25) is 0 Å². The molecule has 2 atom stereocenters. The molecule has 0 radical (unpaired) electrons. The minimum Gasteiger partial charge on any atom is -0.395 e. The molecule has 23 heavy (non-hydrogen) atoms. The molecule has 2 saturated carbocycles. The number of fused-ring (bicyclic) bond motifs is 2. The number of aliphatic hydroxyl groups is 1. The molecule has 0 unspecified atom stereocenters. The van der Waals surface area contributed by atoms with E-state index in [2.05, 4.69) is 29.6 Å². The van der Waals surface area contributed by atoms with Crippen molar-refractivity contribution in [2.45, 2.75) is 37.5 Å². The van der Waals surface area contributed by atoms with Gasteiger partial charge in [0, 0.05) is 25.0 Å². The first-order valence-corrected chi connectivity index (χ1v) is 8.95. The first-order chi connectivity index (χ1) is 11.2. The molecule has 124 valence electrons. The number of hydrogen-bond acceptors (Lipinski definition) is 2. The highest BCUT2D eigenvalue weighted by atomic mass is 16.3. The zero-order valence-corrected chi connectivity index (χ0v) is 13.6. The van der Waals surface area contributed by atoms with E-state index >= 15 is 0 Å². The minimum absolute atomic E-state index is 0.000665. The van der Waals surface area contributed by atoms with Crippen LogP contribution in [0.15, 0.2) is 24.3 Å². The third-order valence-corrected chi connectivity index (χ3v) is 5.96. The van der Waals surface area contributed by atoms with Gasteiger partial charge in [-0.1, -0.05) is 24.3 Å². The lowest BCUT2D eigenvalue weighted by atomic mass is 9.95. The molecule has 2 N–H and O–H groups in total. The van der Waals surface area contributed by atoms with Crippen LogP contribution in [0.4, 0.5) is 4.79 Å². The molecule has 2 amide bonds. The summed E-state index contributed by atoms with van der Waals surface area (Å²) in [4.78, 5) is 14.2. The molecule has 0 bridgehead atoms. The predicted octanol–water partition coefficient (Wildman–Crippen LogP) is 2.30. The third-order valence-electron chi connectivity index (χ3n) is 5.96. The summed E-state index contributed by atoms with van der Waals surface area (Å²) >= 11 is 0. The minimum atomic E-state index is -0.000665. The number of carbonyl (C=O) groups excluding carboxylic acids is 1. The van der Waals surface area contributed by atoms with E-state index in [4.69, 9.17) is 5.11 Å². The van der Waals surface area contributed by atoms with Gasteiger partial charge in [-0.3, -0.25) is 0 Å². The average molecular weight is 314 g/mol. The van der Waals surface area contributed by atoms with Gasteiger partial charge in [0.1, 0.15) is 0 Å². The maximum atomic E-state index is 12.4. The number of nitrogens with one attached hydrogen (secondary N) is 1. The van der Waals surface area contributed by atoms with Gasteiger partial charge >= 0.3 is 6.03 Å². The molecule has 4 nitrogen and oxygen atoms in total. The van der Waals surface area contributed by atoms with Gasteiger partial charge in [0.05, 0.1) is 6.61 Å². The lowest BCUT2D eigenvalue weighted by molar-refractivity contribution is 0.174. The average Bonchev–Trinajstić information content (AvgIpc) is 3.46. The smallest absolute Gasteiger partial charge is 0.317 e. The molecule has 4 rings (SSSR count). The first-order valence-electron chi connectivity index (χ1n) is 8.95. The van der Waals surface area contributed by atoms with Gasteiger partial charge in [0.25, 0.3) is 0 Å². The molecule has 1 spiro atoms. The van der Waals surface area contributed by atoms with Gasteiger partial charge in [0.15, 0.2) is 0 Å². The Morgan fingerprint density at radius 3 is 2.96 bits per heavy atom. The van der Waals surface area contributed by atoms with Crippen LogP contribution in [-0.4, -0.2) is 42.3 Å². The van der Waals surface area contributed by atoms with E-state index in [0.717, 1.165) is 13.1 Å². The van der Waals surface area contributed by atoms with Crippen molar-refractivity contribution in [1.82, 2.24) is 10.2 Å². The van der Waals surface area contributed by atoms with Crippen molar-refractivity contribution in [3.63, 3.8) is 0 Å².